The molecule has 140 valence electrons. The summed E-state index contributed by atoms with van der Waals surface area (Å²) in [6, 6.07) is 11.6. The second-order valence-electron chi connectivity index (χ2n) is 6.58. The topological polar surface area (TPSA) is 66.7 Å². The number of rotatable bonds is 8. The van der Waals surface area contributed by atoms with Gasteiger partial charge in [-0.2, -0.15) is 0 Å². The van der Waals surface area contributed by atoms with Crippen LogP contribution < -0.4 is 15.4 Å². The molecule has 6 heteroatoms. The molecule has 3 rings (SSSR count). The quantitative estimate of drug-likeness (QED) is 0.713. The van der Waals surface area contributed by atoms with Gasteiger partial charge in [0, 0.05) is 6.54 Å². The maximum Gasteiger partial charge on any atom is 0.314 e. The van der Waals surface area contributed by atoms with Crippen molar-refractivity contribution in [3.8, 4) is 5.75 Å². The number of likely N-dealkylation sites (tertiary alicyclic amines) is 1. The minimum atomic E-state index is -0.186. The summed E-state index contributed by atoms with van der Waals surface area (Å²) < 4.78 is 11.2. The number of carbonyl (C=O) groups is 1. The lowest BCUT2D eigenvalue weighted by Gasteiger charge is -2.26. The Labute approximate surface area is 154 Å². The fourth-order valence-electron chi connectivity index (χ4n) is 3.23. The van der Waals surface area contributed by atoms with Crippen molar-refractivity contribution in [1.29, 1.82) is 0 Å². The summed E-state index contributed by atoms with van der Waals surface area (Å²) in [4.78, 5) is 14.4. The Kier molecular flexibility index (Phi) is 6.55. The number of nitrogens with zero attached hydrogens (tertiary/aromatic N) is 1. The van der Waals surface area contributed by atoms with E-state index in [2.05, 4.69) is 15.5 Å². The Morgan fingerprint density at radius 1 is 1.23 bits per heavy atom. The maximum atomic E-state index is 12.1. The molecule has 0 spiro atoms. The first-order valence-electron chi connectivity index (χ1n) is 9.21. The first-order valence-corrected chi connectivity index (χ1v) is 9.21. The van der Waals surface area contributed by atoms with E-state index in [1.54, 1.807) is 6.26 Å². The van der Waals surface area contributed by atoms with E-state index in [0.29, 0.717) is 19.7 Å². The zero-order valence-electron chi connectivity index (χ0n) is 15.2. The Morgan fingerprint density at radius 3 is 2.81 bits per heavy atom. The van der Waals surface area contributed by atoms with Gasteiger partial charge < -0.3 is 19.8 Å². The summed E-state index contributed by atoms with van der Waals surface area (Å²) in [5.74, 6) is 1.72. The molecule has 0 saturated carbocycles. The summed E-state index contributed by atoms with van der Waals surface area (Å²) >= 11 is 0. The molecular formula is C20H27N3O3. The van der Waals surface area contributed by atoms with Crippen LogP contribution in [0.5, 0.6) is 5.75 Å². The molecule has 0 bridgehead atoms. The van der Waals surface area contributed by atoms with Gasteiger partial charge in [-0.1, -0.05) is 12.1 Å². The lowest BCUT2D eigenvalue weighted by atomic mass is 10.2. The molecule has 2 heterocycles. The molecule has 0 aliphatic carbocycles. The molecule has 1 aliphatic heterocycles. The van der Waals surface area contributed by atoms with E-state index in [0.717, 1.165) is 30.2 Å². The van der Waals surface area contributed by atoms with Crippen LogP contribution >= 0.6 is 0 Å². The van der Waals surface area contributed by atoms with Gasteiger partial charge in [0.1, 0.15) is 18.1 Å². The molecule has 26 heavy (non-hydrogen) atoms. The molecule has 1 unspecified atom stereocenters. The lowest BCUT2D eigenvalue weighted by Crippen LogP contribution is -2.42. The van der Waals surface area contributed by atoms with Crippen LogP contribution in [0.1, 0.15) is 30.2 Å². The van der Waals surface area contributed by atoms with E-state index in [1.807, 2.05) is 43.3 Å². The molecule has 1 fully saturated rings. The number of nitrogens with one attached hydrogen (secondary N) is 2. The Hall–Kier alpha value is -2.47. The van der Waals surface area contributed by atoms with Crippen LogP contribution in [0.2, 0.25) is 0 Å². The van der Waals surface area contributed by atoms with Crippen molar-refractivity contribution in [1.82, 2.24) is 15.5 Å². The second kappa shape index (κ2) is 9.29. The van der Waals surface area contributed by atoms with Gasteiger partial charge in [-0.15, -0.1) is 0 Å². The molecule has 1 atom stereocenters. The van der Waals surface area contributed by atoms with Gasteiger partial charge in [-0.3, -0.25) is 4.90 Å². The van der Waals surface area contributed by atoms with Crippen molar-refractivity contribution in [2.24, 2.45) is 0 Å². The van der Waals surface area contributed by atoms with Gasteiger partial charge in [0.15, 0.2) is 0 Å². The smallest absolute Gasteiger partial charge is 0.314 e. The minimum Gasteiger partial charge on any atom is -0.492 e. The highest BCUT2D eigenvalue weighted by molar-refractivity contribution is 5.73. The molecule has 2 amide bonds. The standard InChI is InChI=1S/C20H27N3O3/c1-16-6-4-7-17(14-16)25-13-9-21-20(24)22-15-18(19-8-5-12-26-19)23-10-2-3-11-23/h4-8,12,14,18H,2-3,9-11,13,15H2,1H3,(H2,21,22,24). The second-order valence-corrected chi connectivity index (χ2v) is 6.58. The van der Waals surface area contributed by atoms with Crippen LogP contribution in [0.15, 0.2) is 47.1 Å². The van der Waals surface area contributed by atoms with Crippen molar-refractivity contribution < 1.29 is 13.9 Å². The fourth-order valence-corrected chi connectivity index (χ4v) is 3.23. The zero-order chi connectivity index (χ0) is 18.2. The van der Waals surface area contributed by atoms with Gasteiger partial charge in [-0.05, 0) is 62.7 Å². The fraction of sp³-hybridized carbons (Fsp3) is 0.450. The number of amides is 2. The molecule has 2 N–H and O–H groups in total. The van der Waals surface area contributed by atoms with E-state index >= 15 is 0 Å². The highest BCUT2D eigenvalue weighted by Crippen LogP contribution is 2.24. The third-order valence-corrected chi connectivity index (χ3v) is 4.55. The zero-order valence-corrected chi connectivity index (χ0v) is 15.2. The lowest BCUT2D eigenvalue weighted by molar-refractivity contribution is 0.202. The number of hydrogen-bond donors (Lipinski definition) is 2. The third-order valence-electron chi connectivity index (χ3n) is 4.55. The molecule has 0 radical (unpaired) electrons. The Balaban J connectivity index is 1.39. The average Bonchev–Trinajstić information content (AvgIpc) is 3.33. The van der Waals surface area contributed by atoms with Crippen LogP contribution in [0.4, 0.5) is 4.79 Å². The maximum absolute atomic E-state index is 12.1. The predicted octanol–water partition coefficient (Wildman–Crippen LogP) is 3.10. The van der Waals surface area contributed by atoms with Crippen LogP contribution in [-0.2, 0) is 0 Å². The summed E-state index contributed by atoms with van der Waals surface area (Å²) in [6.45, 7) is 5.52. The molecule has 6 nitrogen and oxygen atoms in total. The Morgan fingerprint density at radius 2 is 2.08 bits per heavy atom. The van der Waals surface area contributed by atoms with Gasteiger partial charge >= 0.3 is 6.03 Å². The molecule has 1 aliphatic rings. The molecule has 1 aromatic heterocycles. The van der Waals surface area contributed by atoms with Gasteiger partial charge in [-0.25, -0.2) is 4.79 Å². The number of carbonyl (C=O) groups excluding carboxylic acids is 1. The predicted molar refractivity (Wildman–Crippen MR) is 100 cm³/mol. The minimum absolute atomic E-state index is 0.0850. The molecule has 2 aromatic rings. The number of urea groups is 1. The summed E-state index contributed by atoms with van der Waals surface area (Å²) in [5.41, 5.74) is 1.15. The van der Waals surface area contributed by atoms with Gasteiger partial charge in [0.25, 0.3) is 0 Å². The Bertz CT molecular complexity index is 681. The third kappa shape index (κ3) is 5.26. The highest BCUT2D eigenvalue weighted by atomic mass is 16.5. The van der Waals surface area contributed by atoms with Crippen molar-refractivity contribution in [2.45, 2.75) is 25.8 Å². The monoisotopic (exact) mass is 357 g/mol. The van der Waals surface area contributed by atoms with E-state index in [9.17, 15) is 4.79 Å². The van der Waals surface area contributed by atoms with E-state index in [4.69, 9.17) is 9.15 Å². The van der Waals surface area contributed by atoms with Crippen LogP contribution in [-0.4, -0.2) is 43.7 Å². The van der Waals surface area contributed by atoms with Crippen LogP contribution in [0.3, 0.4) is 0 Å². The van der Waals surface area contributed by atoms with E-state index in [-0.39, 0.29) is 12.1 Å². The van der Waals surface area contributed by atoms with E-state index < -0.39 is 0 Å². The summed E-state index contributed by atoms with van der Waals surface area (Å²) in [6.07, 6.45) is 4.07. The van der Waals surface area contributed by atoms with Crippen molar-refractivity contribution in [2.75, 3.05) is 32.8 Å². The normalized spacial score (nSPS) is 15.6. The van der Waals surface area contributed by atoms with Crippen molar-refractivity contribution >= 4 is 6.03 Å². The molecule has 1 aromatic carbocycles. The van der Waals surface area contributed by atoms with Crippen LogP contribution in [0.25, 0.3) is 0 Å². The first-order chi connectivity index (χ1) is 12.7. The van der Waals surface area contributed by atoms with Gasteiger partial charge in [0.2, 0.25) is 0 Å². The number of furan rings is 1. The van der Waals surface area contributed by atoms with E-state index in [1.165, 1.54) is 12.8 Å². The number of hydrogen-bond acceptors (Lipinski definition) is 4. The molecular weight excluding hydrogens is 330 g/mol. The molecule has 1 saturated heterocycles. The first kappa shape index (κ1) is 18.3. The number of ether oxygens (including phenoxy) is 1. The highest BCUT2D eigenvalue weighted by Gasteiger charge is 2.25. The van der Waals surface area contributed by atoms with Crippen LogP contribution in [0, 0.1) is 6.92 Å². The summed E-state index contributed by atoms with van der Waals surface area (Å²) in [7, 11) is 0. The largest absolute Gasteiger partial charge is 0.492 e. The SMILES string of the molecule is Cc1cccc(OCCNC(=O)NCC(c2ccco2)N2CCCC2)c1. The van der Waals surface area contributed by atoms with Crippen molar-refractivity contribution in [3.63, 3.8) is 0 Å². The average molecular weight is 357 g/mol. The number of benzene rings is 1. The van der Waals surface area contributed by atoms with Gasteiger partial charge in [0.05, 0.1) is 18.8 Å². The summed E-state index contributed by atoms with van der Waals surface area (Å²) in [5, 5.41) is 5.78. The number of aryl methyl sites for hydroxylation is 1. The van der Waals surface area contributed by atoms with Crippen molar-refractivity contribution in [3.05, 3.63) is 54.0 Å².